The first kappa shape index (κ1) is 71.3. The van der Waals surface area contributed by atoms with Crippen molar-refractivity contribution >= 4 is 84.8 Å². The molecule has 3 saturated carbocycles. The number of nitrogens with one attached hydrogen (secondary N) is 6. The number of aliphatic carboxylic acids is 1. The van der Waals surface area contributed by atoms with E-state index in [1.54, 1.807) is 0 Å². The Hall–Kier alpha value is -8.96. The van der Waals surface area contributed by atoms with Crippen LogP contribution in [-0.4, -0.2) is 64.1 Å². The molecule has 0 unspecified atom stereocenters. The average Bonchev–Trinajstić information content (AvgIpc) is 1.56. The fourth-order valence-corrected chi connectivity index (χ4v) is 12.0. The van der Waals surface area contributed by atoms with Gasteiger partial charge in [0, 0.05) is 104 Å². The number of hydrogen-bond acceptors (Lipinski definition) is 16. The number of aromatic amines is 3. The number of ether oxygens (including phenoxy) is 6. The van der Waals surface area contributed by atoms with Gasteiger partial charge >= 0.3 is 29.6 Å². The predicted octanol–water partition coefficient (Wildman–Crippen LogP) is 11.9. The minimum Gasteiger partial charge on any atom is -0.481 e. The fraction of sp³-hybridized carbons (Fsp3) is 0.352. The van der Waals surface area contributed by atoms with Crippen molar-refractivity contribution in [2.45, 2.75) is 140 Å². The molecule has 0 bridgehead atoms. The van der Waals surface area contributed by atoms with Crippen molar-refractivity contribution in [3.05, 3.63) is 164 Å². The van der Waals surface area contributed by atoms with Crippen molar-refractivity contribution in [3.63, 3.8) is 0 Å². The second-order valence-electron chi connectivity index (χ2n) is 27.5. The number of rotatable bonds is 10. The van der Waals surface area contributed by atoms with E-state index in [0.29, 0.717) is 34.0 Å². The molecule has 3 amide bonds. The SMILES string of the molecule is CC(=O)O.CC(C)(C)c1[nH]c2ccc(NC(=O)C3(c4ccc5c(c4)OCO5)CC3)cc2c1N.CC(C)(C)c1[nH]c2ccc(NC(=O)C3(c4ccc5c(c4)OCO5)CC3)cc2c1N=O.CC(C)(C)c1cc2cc(NC(=O)C3(c4ccc5c(c4)OCO5)CC3)ccc2[nH]1.O=N[O-].[Na+].[Zn]. The second-order valence-corrected chi connectivity index (χ2v) is 27.5. The maximum atomic E-state index is 13.2. The summed E-state index contributed by atoms with van der Waals surface area (Å²) in [6.45, 7) is 20.8. The quantitative estimate of drug-likeness (QED) is 0.0358. The van der Waals surface area contributed by atoms with Gasteiger partial charge in [-0.2, -0.15) is 0 Å². The zero-order chi connectivity index (χ0) is 67.3. The number of carboxylic acid groups (broad SMARTS) is 1. The van der Waals surface area contributed by atoms with Crippen LogP contribution in [0.1, 0.15) is 142 Å². The zero-order valence-corrected chi connectivity index (χ0v) is 60.7. The molecule has 3 aliphatic carbocycles. The minimum atomic E-state index is -0.833. The van der Waals surface area contributed by atoms with Gasteiger partial charge in [-0.15, -0.1) is 10.2 Å². The molecule has 25 heteroatoms. The first-order chi connectivity index (χ1) is 44.6. The Kier molecular flexibility index (Phi) is 20.5. The second kappa shape index (κ2) is 27.6. The number of nitrogens with two attached hydrogens (primary N) is 1. The number of hydrogen-bond donors (Lipinski definition) is 8. The number of benzene rings is 6. The van der Waals surface area contributed by atoms with Crippen LogP contribution in [0, 0.1) is 15.0 Å². The average molecular weight is 1370 g/mol. The van der Waals surface area contributed by atoms with E-state index < -0.39 is 22.2 Å². The monoisotopic (exact) mass is 1370 g/mol. The normalized spacial score (nSPS) is 15.6. The van der Waals surface area contributed by atoms with Gasteiger partial charge < -0.3 is 80.3 Å². The summed E-state index contributed by atoms with van der Waals surface area (Å²) in [4.78, 5) is 78.2. The third kappa shape index (κ3) is 14.7. The number of nitroso groups, excluding NO2 is 1. The van der Waals surface area contributed by atoms with Crippen molar-refractivity contribution in [3.8, 4) is 34.5 Å². The van der Waals surface area contributed by atoms with Gasteiger partial charge in [-0.05, 0) is 157 Å². The molecule has 0 radical (unpaired) electrons. The van der Waals surface area contributed by atoms with E-state index in [0.717, 1.165) is 141 Å². The number of carbonyl (C=O) groups excluding carboxylic acids is 3. The molecule has 23 nitrogen and oxygen atoms in total. The molecule has 3 fully saturated rings. The molecule has 6 heterocycles. The van der Waals surface area contributed by atoms with Gasteiger partial charge in [0.15, 0.2) is 34.5 Å². The van der Waals surface area contributed by atoms with Crippen molar-refractivity contribution in [1.29, 1.82) is 0 Å². The van der Waals surface area contributed by atoms with Gasteiger partial charge in [-0.25, -0.2) is 0 Å². The molecule has 0 spiro atoms. The number of carbonyl (C=O) groups is 4. The van der Waals surface area contributed by atoms with Gasteiger partial charge in [0.1, 0.15) is 5.69 Å². The van der Waals surface area contributed by atoms with E-state index in [2.05, 4.69) is 83.7 Å². The Balaban J connectivity index is 0.000000159. The largest absolute Gasteiger partial charge is 1.00 e. The Morgan fingerprint density at radius 1 is 0.490 bits per heavy atom. The third-order valence-corrected chi connectivity index (χ3v) is 17.7. The minimum absolute atomic E-state index is 0. The van der Waals surface area contributed by atoms with Crippen molar-refractivity contribution in [1.82, 2.24) is 15.0 Å². The van der Waals surface area contributed by atoms with Gasteiger partial charge in [0.2, 0.25) is 38.1 Å². The number of amides is 3. The zero-order valence-electron chi connectivity index (χ0n) is 55.8. The van der Waals surface area contributed by atoms with Gasteiger partial charge in [0.05, 0.1) is 27.6 Å². The van der Waals surface area contributed by atoms with E-state index in [1.165, 1.54) is 5.69 Å². The first-order valence-electron chi connectivity index (χ1n) is 30.9. The Labute approximate surface area is 589 Å². The molecule has 6 aliphatic rings. The number of fused-ring (bicyclic) bond motifs is 6. The summed E-state index contributed by atoms with van der Waals surface area (Å²) in [7, 11) is 0. The van der Waals surface area contributed by atoms with E-state index in [4.69, 9.17) is 54.2 Å². The molecular weight excluding hydrogens is 1290 g/mol. The van der Waals surface area contributed by atoms with Crippen LogP contribution >= 0.6 is 0 Å². The standard InChI is InChI=1S/C23H23N3O4.C23H25N3O3.C23H24N2O3.C2H4O2.HNO2.Na.Zn/c1-22(2,3)20-19(26-28)15-11-14(5-6-16(15)25-20)24-21(27)23(8-9-23)13-4-7-17-18(10-13)30-12-29-17;1-22(2,3)20-19(24)15-11-14(5-6-16(15)26-20)25-21(27)23(8-9-23)13-4-7-17-18(10-13)29-12-28-17;1-22(2,3)20-11-14-10-16(5-6-17(14)25-20)24-21(26)23(8-9-23)15-4-7-18-19(12-15)28-13-27-18;1-2(3)4;2-1-3;;/h4-7,10-11,25H,8-9,12H2,1-3H3,(H,24,27);4-7,10-11,26H,8-9,12,24H2,1-3H3,(H,25,27);4-7,10-12,25H,8-9,13H2,1-3H3,(H,24,26);1H3,(H,3,4);(H,2,3);;/q;;;;;+1;/p-1. The summed E-state index contributed by atoms with van der Waals surface area (Å²) in [6.07, 6.45) is 4.89. The van der Waals surface area contributed by atoms with Crippen molar-refractivity contribution < 1.29 is 102 Å². The third-order valence-electron chi connectivity index (χ3n) is 17.7. The van der Waals surface area contributed by atoms with Crippen LogP contribution < -0.4 is 79.7 Å². The number of carboxylic acids is 1. The van der Waals surface area contributed by atoms with Crippen LogP contribution in [0.25, 0.3) is 32.7 Å². The maximum absolute atomic E-state index is 13.2. The van der Waals surface area contributed by atoms with E-state index in [1.807, 2.05) is 130 Å². The van der Waals surface area contributed by atoms with Gasteiger partial charge in [-0.3, -0.25) is 19.2 Å². The van der Waals surface area contributed by atoms with E-state index in [9.17, 15) is 19.3 Å². The molecule has 492 valence electrons. The van der Waals surface area contributed by atoms with Crippen LogP contribution in [0.5, 0.6) is 34.5 Å². The topological polar surface area (TPSA) is 335 Å². The molecular formula is C71H76N9NaO14Zn. The number of nitrogen functional groups attached to an aromatic ring is 1. The molecule has 0 atom stereocenters. The fourth-order valence-electron chi connectivity index (χ4n) is 12.0. The molecule has 96 heavy (non-hydrogen) atoms. The number of H-pyrrole nitrogens is 3. The summed E-state index contributed by atoms with van der Waals surface area (Å²) in [5.41, 5.74) is 16.7. The molecule has 3 aliphatic heterocycles. The molecule has 6 aromatic carbocycles. The summed E-state index contributed by atoms with van der Waals surface area (Å²) >= 11 is 0. The van der Waals surface area contributed by atoms with Gasteiger partial charge in [-0.1, -0.05) is 80.5 Å². The summed E-state index contributed by atoms with van der Waals surface area (Å²) in [6, 6.07) is 36.8. The van der Waals surface area contributed by atoms with E-state index >= 15 is 0 Å². The Morgan fingerprint density at radius 2 is 0.833 bits per heavy atom. The Morgan fingerprint density at radius 3 is 1.20 bits per heavy atom. The predicted molar refractivity (Wildman–Crippen MR) is 360 cm³/mol. The van der Waals surface area contributed by atoms with Crippen LogP contribution in [0.4, 0.5) is 28.4 Å². The number of anilines is 4. The van der Waals surface area contributed by atoms with Crippen LogP contribution in [-0.2, 0) is 71.1 Å². The Bertz CT molecular complexity index is 4470. The number of aromatic nitrogens is 3. The summed E-state index contributed by atoms with van der Waals surface area (Å²) in [5, 5.41) is 31.7. The molecule has 3 aromatic heterocycles. The number of nitrogens with zero attached hydrogens (tertiary/aromatic N) is 2. The smallest absolute Gasteiger partial charge is 0.481 e. The summed E-state index contributed by atoms with van der Waals surface area (Å²) < 4.78 is 32.6. The van der Waals surface area contributed by atoms with Crippen LogP contribution in [0.15, 0.2) is 126 Å². The van der Waals surface area contributed by atoms with E-state index in [-0.39, 0.29) is 103 Å². The molecule has 9 aromatic rings. The first-order valence-corrected chi connectivity index (χ1v) is 30.9. The van der Waals surface area contributed by atoms with Crippen molar-refractivity contribution in [2.24, 2.45) is 10.5 Å². The van der Waals surface area contributed by atoms with Crippen LogP contribution in [0.3, 0.4) is 0 Å². The molecule has 0 saturated heterocycles. The van der Waals surface area contributed by atoms with Crippen LogP contribution in [0.2, 0.25) is 0 Å². The van der Waals surface area contributed by atoms with Gasteiger partial charge in [0.25, 0.3) is 5.97 Å². The summed E-state index contributed by atoms with van der Waals surface area (Å²) in [5.74, 6) is 3.43. The maximum Gasteiger partial charge on any atom is 1.00 e. The molecule has 9 N–H and O–H groups in total. The van der Waals surface area contributed by atoms with Crippen molar-refractivity contribution in [2.75, 3.05) is 42.1 Å². The molecule has 15 rings (SSSR count).